The number of rotatable bonds is 10. The second kappa shape index (κ2) is 9.95. The van der Waals surface area contributed by atoms with Gasteiger partial charge in [-0.1, -0.05) is 26.0 Å². The van der Waals surface area contributed by atoms with Crippen LogP contribution in [0.1, 0.15) is 33.3 Å². The number of aliphatic hydroxyl groups excluding tert-OH is 1. The lowest BCUT2D eigenvalue weighted by Gasteiger charge is -2.34. The third-order valence-electron chi connectivity index (χ3n) is 4.55. The van der Waals surface area contributed by atoms with Gasteiger partial charge in [0.15, 0.2) is 6.29 Å². The fourth-order valence-electron chi connectivity index (χ4n) is 3.01. The van der Waals surface area contributed by atoms with Crippen LogP contribution < -0.4 is 4.74 Å². The SMILES string of the molecule is COc1ccc(COC[C@H](C)[C@H](O)[C@@H](C)SC(C)(C)C2OCCO2)cc1. The normalized spacial score (nSPS) is 19.3. The van der Waals surface area contributed by atoms with E-state index in [0.29, 0.717) is 26.4 Å². The highest BCUT2D eigenvalue weighted by atomic mass is 32.2. The molecule has 1 fully saturated rings. The van der Waals surface area contributed by atoms with E-state index in [-0.39, 0.29) is 22.2 Å². The molecule has 1 aliphatic heterocycles. The Morgan fingerprint density at radius 1 is 1.19 bits per heavy atom. The number of methoxy groups -OCH3 is 1. The van der Waals surface area contributed by atoms with E-state index in [1.54, 1.807) is 18.9 Å². The minimum absolute atomic E-state index is 0.0389. The second-order valence-electron chi connectivity index (χ2n) is 7.33. The zero-order chi connectivity index (χ0) is 19.2. The third-order valence-corrected chi connectivity index (χ3v) is 6.00. The molecule has 1 aromatic rings. The summed E-state index contributed by atoms with van der Waals surface area (Å²) in [5.41, 5.74) is 1.09. The second-order valence-corrected chi connectivity index (χ2v) is 9.36. The van der Waals surface area contributed by atoms with Crippen LogP contribution in [0.5, 0.6) is 5.75 Å². The fraction of sp³-hybridized carbons (Fsp3) is 0.700. The van der Waals surface area contributed by atoms with E-state index in [4.69, 9.17) is 18.9 Å². The Morgan fingerprint density at radius 3 is 2.38 bits per heavy atom. The fourth-order valence-corrected chi connectivity index (χ4v) is 4.62. The molecular weight excluding hydrogens is 352 g/mol. The average molecular weight is 385 g/mol. The standard InChI is InChI=1S/C20H32O5S/c1-14(12-23-13-16-6-8-17(22-5)9-7-16)18(21)15(2)26-20(3,4)19-24-10-11-25-19/h6-9,14-15,18-19,21H,10-13H2,1-5H3/t14-,15+,18-/m0/s1. The number of ether oxygens (including phenoxy) is 4. The molecule has 5 nitrogen and oxygen atoms in total. The van der Waals surface area contributed by atoms with Gasteiger partial charge in [0.05, 0.1) is 44.4 Å². The van der Waals surface area contributed by atoms with E-state index >= 15 is 0 Å². The molecule has 26 heavy (non-hydrogen) atoms. The molecule has 0 aliphatic carbocycles. The highest BCUT2D eigenvalue weighted by Crippen LogP contribution is 2.37. The molecule has 0 unspecified atom stereocenters. The van der Waals surface area contributed by atoms with Crippen molar-refractivity contribution < 1.29 is 24.1 Å². The molecule has 1 saturated heterocycles. The molecule has 1 aliphatic rings. The molecule has 1 heterocycles. The Labute approximate surface area is 161 Å². The Morgan fingerprint density at radius 2 is 1.81 bits per heavy atom. The maximum Gasteiger partial charge on any atom is 0.171 e. The summed E-state index contributed by atoms with van der Waals surface area (Å²) in [5, 5.41) is 10.7. The first-order valence-corrected chi connectivity index (χ1v) is 10.0. The van der Waals surface area contributed by atoms with Gasteiger partial charge in [0.1, 0.15) is 5.75 Å². The van der Waals surface area contributed by atoms with Crippen LogP contribution in [0.25, 0.3) is 0 Å². The van der Waals surface area contributed by atoms with Gasteiger partial charge in [0.2, 0.25) is 0 Å². The predicted octanol–water partition coefficient (Wildman–Crippen LogP) is 3.48. The van der Waals surface area contributed by atoms with Gasteiger partial charge in [-0.2, -0.15) is 0 Å². The van der Waals surface area contributed by atoms with Gasteiger partial charge < -0.3 is 24.1 Å². The third kappa shape index (κ3) is 6.13. The summed E-state index contributed by atoms with van der Waals surface area (Å²) < 4.78 is 22.0. The minimum Gasteiger partial charge on any atom is -0.497 e. The van der Waals surface area contributed by atoms with Gasteiger partial charge in [0.25, 0.3) is 0 Å². The van der Waals surface area contributed by atoms with E-state index in [2.05, 4.69) is 13.8 Å². The minimum atomic E-state index is -0.462. The van der Waals surface area contributed by atoms with Gasteiger partial charge in [-0.25, -0.2) is 0 Å². The van der Waals surface area contributed by atoms with E-state index in [1.807, 2.05) is 38.1 Å². The van der Waals surface area contributed by atoms with Crippen LogP contribution in [0, 0.1) is 5.92 Å². The molecule has 0 radical (unpaired) electrons. The molecule has 0 aromatic heterocycles. The highest BCUT2D eigenvalue weighted by molar-refractivity contribution is 8.01. The molecule has 3 atom stereocenters. The van der Waals surface area contributed by atoms with Crippen LogP contribution in [-0.2, 0) is 20.8 Å². The maximum absolute atomic E-state index is 10.7. The predicted molar refractivity (Wildman–Crippen MR) is 105 cm³/mol. The van der Waals surface area contributed by atoms with Crippen LogP contribution >= 0.6 is 11.8 Å². The lowest BCUT2D eigenvalue weighted by atomic mass is 10.0. The summed E-state index contributed by atoms with van der Waals surface area (Å²) in [6.07, 6.45) is -0.680. The molecule has 0 saturated carbocycles. The molecule has 1 aromatic carbocycles. The Kier molecular flexibility index (Phi) is 8.23. The maximum atomic E-state index is 10.7. The largest absolute Gasteiger partial charge is 0.497 e. The highest BCUT2D eigenvalue weighted by Gasteiger charge is 2.38. The molecule has 2 rings (SSSR count). The summed E-state index contributed by atoms with van der Waals surface area (Å²) in [6, 6.07) is 7.82. The van der Waals surface area contributed by atoms with Gasteiger partial charge in [-0.15, -0.1) is 11.8 Å². The van der Waals surface area contributed by atoms with E-state index in [9.17, 15) is 5.11 Å². The van der Waals surface area contributed by atoms with Gasteiger partial charge in [-0.3, -0.25) is 0 Å². The summed E-state index contributed by atoms with van der Waals surface area (Å²) in [4.78, 5) is 0. The van der Waals surface area contributed by atoms with Gasteiger partial charge in [0, 0.05) is 11.2 Å². The van der Waals surface area contributed by atoms with Gasteiger partial charge in [-0.05, 0) is 31.5 Å². The molecular formula is C20H32O5S. The van der Waals surface area contributed by atoms with E-state index in [1.165, 1.54) is 0 Å². The van der Waals surface area contributed by atoms with Crippen LogP contribution in [0.3, 0.4) is 0 Å². The summed E-state index contributed by atoms with van der Waals surface area (Å²) >= 11 is 1.70. The number of hydrogen-bond donors (Lipinski definition) is 1. The number of thioether (sulfide) groups is 1. The Bertz CT molecular complexity index is 528. The zero-order valence-corrected chi connectivity index (χ0v) is 17.3. The molecule has 0 amide bonds. The van der Waals surface area contributed by atoms with Crippen molar-refractivity contribution in [3.8, 4) is 5.75 Å². The van der Waals surface area contributed by atoms with Crippen LogP contribution in [0.4, 0.5) is 0 Å². The molecule has 6 heteroatoms. The smallest absolute Gasteiger partial charge is 0.171 e. The average Bonchev–Trinajstić information content (AvgIpc) is 3.17. The molecule has 0 bridgehead atoms. The summed E-state index contributed by atoms with van der Waals surface area (Å²) in [5.74, 6) is 0.873. The summed E-state index contributed by atoms with van der Waals surface area (Å²) in [7, 11) is 1.65. The van der Waals surface area contributed by atoms with Crippen molar-refractivity contribution in [2.45, 2.75) is 56.7 Å². The van der Waals surface area contributed by atoms with Crippen molar-refractivity contribution in [2.75, 3.05) is 26.9 Å². The van der Waals surface area contributed by atoms with Crippen molar-refractivity contribution in [1.29, 1.82) is 0 Å². The quantitative estimate of drug-likeness (QED) is 0.666. The lowest BCUT2D eigenvalue weighted by molar-refractivity contribution is -0.0617. The number of aliphatic hydroxyl groups is 1. The van der Waals surface area contributed by atoms with Crippen LogP contribution in [-0.4, -0.2) is 54.4 Å². The topological polar surface area (TPSA) is 57.2 Å². The first-order chi connectivity index (χ1) is 12.3. The van der Waals surface area contributed by atoms with Crippen LogP contribution in [0.15, 0.2) is 24.3 Å². The van der Waals surface area contributed by atoms with E-state index < -0.39 is 6.10 Å². The van der Waals surface area contributed by atoms with E-state index in [0.717, 1.165) is 11.3 Å². The molecule has 0 spiro atoms. The van der Waals surface area contributed by atoms with Crippen molar-refractivity contribution in [3.63, 3.8) is 0 Å². The monoisotopic (exact) mass is 384 g/mol. The van der Waals surface area contributed by atoms with Crippen molar-refractivity contribution >= 4 is 11.8 Å². The lowest BCUT2D eigenvalue weighted by Crippen LogP contribution is -2.39. The number of hydrogen-bond acceptors (Lipinski definition) is 6. The zero-order valence-electron chi connectivity index (χ0n) is 16.4. The molecule has 148 valence electrons. The Balaban J connectivity index is 1.75. The van der Waals surface area contributed by atoms with Crippen molar-refractivity contribution in [2.24, 2.45) is 5.92 Å². The number of benzene rings is 1. The first kappa shape index (κ1) is 21.5. The Hall–Kier alpha value is -0.790. The summed E-state index contributed by atoms with van der Waals surface area (Å²) in [6.45, 7) is 10.6. The van der Waals surface area contributed by atoms with Crippen molar-refractivity contribution in [3.05, 3.63) is 29.8 Å². The van der Waals surface area contributed by atoms with Crippen LogP contribution in [0.2, 0.25) is 0 Å². The van der Waals surface area contributed by atoms with Gasteiger partial charge >= 0.3 is 0 Å². The van der Waals surface area contributed by atoms with Crippen molar-refractivity contribution in [1.82, 2.24) is 0 Å². The first-order valence-electron chi connectivity index (χ1n) is 9.13. The molecule has 1 N–H and O–H groups in total.